The average Bonchev–Trinajstić information content (AvgIpc) is 3.59. The van der Waals surface area contributed by atoms with Crippen molar-refractivity contribution in [1.82, 2.24) is 35.5 Å². The summed E-state index contributed by atoms with van der Waals surface area (Å²) in [5, 5.41) is 18.2. The number of aromatic amines is 2. The van der Waals surface area contributed by atoms with Gasteiger partial charge in [-0.25, -0.2) is 4.68 Å². The largest absolute Gasteiger partial charge is 0.346 e. The Morgan fingerprint density at radius 1 is 1.15 bits per heavy atom. The van der Waals surface area contributed by atoms with Crippen LogP contribution in [0.5, 0.6) is 0 Å². The van der Waals surface area contributed by atoms with Gasteiger partial charge in [0.25, 0.3) is 11.5 Å². The summed E-state index contributed by atoms with van der Waals surface area (Å²) in [4.78, 5) is 27.7. The summed E-state index contributed by atoms with van der Waals surface area (Å²) in [5.41, 5.74) is 4.02. The van der Waals surface area contributed by atoms with E-state index < -0.39 is 0 Å². The molecule has 0 saturated heterocycles. The highest BCUT2D eigenvalue weighted by molar-refractivity contribution is 7.17. The SMILES string of the molecule is O=C(NCc1cn(-c2ccc(-c3ccc[nH]c3=O)cc2-c2ccn[nH]2)nn1)c1ccc(Cl)s1. The van der Waals surface area contributed by atoms with Crippen molar-refractivity contribution in [2.45, 2.75) is 6.54 Å². The second kappa shape index (κ2) is 8.85. The van der Waals surface area contributed by atoms with E-state index in [-0.39, 0.29) is 18.0 Å². The topological polar surface area (TPSA) is 121 Å². The lowest BCUT2D eigenvalue weighted by molar-refractivity contribution is 0.0954. The number of aromatic nitrogens is 6. The minimum atomic E-state index is -0.225. The molecule has 0 saturated carbocycles. The number of pyridine rings is 1. The van der Waals surface area contributed by atoms with Crippen LogP contribution in [-0.4, -0.2) is 36.1 Å². The molecule has 0 atom stereocenters. The van der Waals surface area contributed by atoms with Crippen molar-refractivity contribution in [1.29, 1.82) is 0 Å². The van der Waals surface area contributed by atoms with E-state index in [9.17, 15) is 9.59 Å². The number of amides is 1. The molecule has 1 aromatic carbocycles. The van der Waals surface area contributed by atoms with Crippen LogP contribution < -0.4 is 10.9 Å². The highest BCUT2D eigenvalue weighted by atomic mass is 35.5. The molecule has 5 rings (SSSR count). The first-order valence-electron chi connectivity index (χ1n) is 9.85. The quantitative estimate of drug-likeness (QED) is 0.344. The summed E-state index contributed by atoms with van der Waals surface area (Å²) >= 11 is 7.11. The van der Waals surface area contributed by atoms with Gasteiger partial charge < -0.3 is 10.3 Å². The maximum Gasteiger partial charge on any atom is 0.261 e. The number of nitrogens with one attached hydrogen (secondary N) is 3. The Bertz CT molecular complexity index is 1490. The number of nitrogens with zero attached hydrogens (tertiary/aromatic N) is 4. The molecule has 4 heterocycles. The third kappa shape index (κ3) is 4.34. The summed E-state index contributed by atoms with van der Waals surface area (Å²) in [5.74, 6) is -0.225. The van der Waals surface area contributed by atoms with Gasteiger partial charge in [-0.1, -0.05) is 22.9 Å². The fraction of sp³-hybridized carbons (Fsp3) is 0.0455. The summed E-state index contributed by atoms with van der Waals surface area (Å²) in [7, 11) is 0. The van der Waals surface area contributed by atoms with Crippen molar-refractivity contribution in [3.05, 3.63) is 92.4 Å². The molecule has 11 heteroatoms. The van der Waals surface area contributed by atoms with Crippen molar-refractivity contribution in [3.8, 4) is 28.1 Å². The molecular formula is C22H16ClN7O2S. The Kier molecular flexibility index (Phi) is 5.59. The fourth-order valence-corrected chi connectivity index (χ4v) is 4.32. The number of hydrogen-bond donors (Lipinski definition) is 3. The predicted octanol–water partition coefficient (Wildman–Crippen LogP) is 3.66. The number of carbonyl (C=O) groups is 1. The molecule has 1 amide bonds. The normalized spacial score (nSPS) is 10.9. The Labute approximate surface area is 196 Å². The van der Waals surface area contributed by atoms with Gasteiger partial charge in [-0.15, -0.1) is 16.4 Å². The van der Waals surface area contributed by atoms with Gasteiger partial charge >= 0.3 is 0 Å². The number of benzene rings is 1. The molecule has 4 aromatic heterocycles. The molecule has 0 aliphatic heterocycles. The first-order chi connectivity index (χ1) is 16.1. The zero-order chi connectivity index (χ0) is 22.8. The third-order valence-electron chi connectivity index (χ3n) is 4.93. The lowest BCUT2D eigenvalue weighted by atomic mass is 10.0. The first kappa shape index (κ1) is 20.9. The fourth-order valence-electron chi connectivity index (χ4n) is 3.37. The van der Waals surface area contributed by atoms with Crippen molar-refractivity contribution >= 4 is 28.8 Å². The molecule has 0 fully saturated rings. The van der Waals surface area contributed by atoms with Crippen LogP contribution in [0.1, 0.15) is 15.4 Å². The Balaban J connectivity index is 1.44. The zero-order valence-corrected chi connectivity index (χ0v) is 18.5. The molecule has 0 unspecified atom stereocenters. The summed E-state index contributed by atoms with van der Waals surface area (Å²) in [6, 6.07) is 14.4. The van der Waals surface area contributed by atoms with Gasteiger partial charge in [0.2, 0.25) is 0 Å². The van der Waals surface area contributed by atoms with E-state index in [1.54, 1.807) is 47.5 Å². The van der Waals surface area contributed by atoms with Gasteiger partial charge in [0, 0.05) is 23.5 Å². The maximum absolute atomic E-state index is 12.3. The molecule has 0 radical (unpaired) electrons. The molecule has 3 N–H and O–H groups in total. The zero-order valence-electron chi connectivity index (χ0n) is 16.9. The van der Waals surface area contributed by atoms with Gasteiger partial charge in [0.1, 0.15) is 5.69 Å². The second-order valence-electron chi connectivity index (χ2n) is 7.06. The van der Waals surface area contributed by atoms with E-state index >= 15 is 0 Å². The monoisotopic (exact) mass is 477 g/mol. The van der Waals surface area contributed by atoms with Crippen LogP contribution in [-0.2, 0) is 6.54 Å². The smallest absolute Gasteiger partial charge is 0.261 e. The molecule has 9 nitrogen and oxygen atoms in total. The van der Waals surface area contributed by atoms with Crippen molar-refractivity contribution in [2.24, 2.45) is 0 Å². The number of H-pyrrole nitrogens is 2. The number of rotatable bonds is 6. The van der Waals surface area contributed by atoms with Crippen molar-refractivity contribution in [2.75, 3.05) is 0 Å². The van der Waals surface area contributed by atoms with E-state index in [2.05, 4.69) is 30.8 Å². The lowest BCUT2D eigenvalue weighted by Crippen LogP contribution is -2.21. The number of carbonyl (C=O) groups excluding carboxylic acids is 1. The minimum absolute atomic E-state index is 0.174. The van der Waals surface area contributed by atoms with E-state index in [0.717, 1.165) is 22.5 Å². The van der Waals surface area contributed by atoms with E-state index in [1.165, 1.54) is 11.3 Å². The number of halogens is 1. The van der Waals surface area contributed by atoms with Crippen molar-refractivity contribution in [3.63, 3.8) is 0 Å². The molecule has 0 aliphatic rings. The summed E-state index contributed by atoms with van der Waals surface area (Å²) < 4.78 is 2.18. The number of hydrogen-bond acceptors (Lipinski definition) is 6. The van der Waals surface area contributed by atoms with Crippen LogP contribution in [0.3, 0.4) is 0 Å². The Morgan fingerprint density at radius 2 is 2.06 bits per heavy atom. The van der Waals surface area contributed by atoms with Crippen molar-refractivity contribution < 1.29 is 4.79 Å². The van der Waals surface area contributed by atoms with Crippen LogP contribution >= 0.6 is 22.9 Å². The average molecular weight is 478 g/mol. The summed E-state index contributed by atoms with van der Waals surface area (Å²) in [6.07, 6.45) is 4.99. The van der Waals surface area contributed by atoms with Crippen LogP contribution in [0, 0.1) is 0 Å². The first-order valence-corrected chi connectivity index (χ1v) is 11.0. The highest BCUT2D eigenvalue weighted by Crippen LogP contribution is 2.29. The van der Waals surface area contributed by atoms with Crippen LogP contribution in [0.25, 0.3) is 28.1 Å². The van der Waals surface area contributed by atoms with E-state index in [1.807, 2.05) is 24.3 Å². The van der Waals surface area contributed by atoms with Gasteiger partial charge in [0.15, 0.2) is 0 Å². The van der Waals surface area contributed by atoms with Gasteiger partial charge in [-0.2, -0.15) is 5.10 Å². The molecule has 0 bridgehead atoms. The molecule has 164 valence electrons. The molecular weight excluding hydrogens is 462 g/mol. The van der Waals surface area contributed by atoms with Crippen LogP contribution in [0.2, 0.25) is 4.34 Å². The predicted molar refractivity (Wildman–Crippen MR) is 125 cm³/mol. The van der Waals surface area contributed by atoms with Gasteiger partial charge in [-0.3, -0.25) is 14.7 Å². The minimum Gasteiger partial charge on any atom is -0.346 e. The summed E-state index contributed by atoms with van der Waals surface area (Å²) in [6.45, 7) is 0.214. The molecule has 5 aromatic rings. The third-order valence-corrected chi connectivity index (χ3v) is 6.16. The van der Waals surface area contributed by atoms with E-state index in [4.69, 9.17) is 11.6 Å². The second-order valence-corrected chi connectivity index (χ2v) is 8.77. The molecule has 33 heavy (non-hydrogen) atoms. The Hall–Kier alpha value is -4.02. The standard InChI is InChI=1S/C22H16ClN7O2S/c23-20-6-5-19(33-20)22(32)25-11-14-12-30(29-27-14)18-4-3-13(15-2-1-8-24-21(15)31)10-16(18)17-7-9-26-28-17/h1-10,12H,11H2,(H,24,31)(H,25,32)(H,26,28). The van der Waals surface area contributed by atoms with Gasteiger partial charge in [-0.05, 0) is 48.0 Å². The highest BCUT2D eigenvalue weighted by Gasteiger charge is 2.15. The Morgan fingerprint density at radius 3 is 2.82 bits per heavy atom. The molecule has 0 aliphatic carbocycles. The van der Waals surface area contributed by atoms with Crippen LogP contribution in [0.4, 0.5) is 0 Å². The lowest BCUT2D eigenvalue weighted by Gasteiger charge is -2.10. The maximum atomic E-state index is 12.3. The van der Waals surface area contributed by atoms with E-state index in [0.29, 0.717) is 20.5 Å². The van der Waals surface area contributed by atoms with Crippen LogP contribution in [0.15, 0.2) is 71.9 Å². The molecule has 0 spiro atoms. The number of thiophene rings is 1. The van der Waals surface area contributed by atoms with Gasteiger partial charge in [0.05, 0.1) is 33.3 Å².